The molecular weight excluding hydrogens is 322 g/mol. The fraction of sp³-hybridized carbons (Fsp3) is 0.353. The maximum atomic E-state index is 12.1. The Labute approximate surface area is 145 Å². The number of carbonyl (C=O) groups excluding carboxylic acids is 1. The molecular formula is C17H21N5OS. The third-order valence-electron chi connectivity index (χ3n) is 3.77. The second-order valence-electron chi connectivity index (χ2n) is 5.83. The van der Waals surface area contributed by atoms with Crippen LogP contribution < -0.4 is 15.1 Å². The van der Waals surface area contributed by atoms with E-state index in [9.17, 15) is 4.79 Å². The van der Waals surface area contributed by atoms with Crippen molar-refractivity contribution in [3.05, 3.63) is 34.7 Å². The molecule has 3 rings (SSSR count). The molecule has 6 nitrogen and oxygen atoms in total. The Morgan fingerprint density at radius 1 is 1.38 bits per heavy atom. The Bertz CT molecular complexity index is 721. The molecule has 0 spiro atoms. The van der Waals surface area contributed by atoms with Gasteiger partial charge in [-0.05, 0) is 30.4 Å². The fourth-order valence-corrected chi connectivity index (χ4v) is 3.20. The van der Waals surface area contributed by atoms with Crippen LogP contribution in [0.3, 0.4) is 0 Å². The van der Waals surface area contributed by atoms with E-state index in [1.165, 1.54) is 18.9 Å². The van der Waals surface area contributed by atoms with Gasteiger partial charge in [0.05, 0.1) is 6.20 Å². The van der Waals surface area contributed by atoms with Crippen LogP contribution in [0.25, 0.3) is 6.08 Å². The molecule has 7 heteroatoms. The highest BCUT2D eigenvalue weighted by Gasteiger charge is 2.18. The molecule has 1 N–H and O–H groups in total. The molecule has 0 bridgehead atoms. The van der Waals surface area contributed by atoms with Gasteiger partial charge in [0.15, 0.2) is 5.82 Å². The Hall–Kier alpha value is -2.41. The third-order valence-corrected chi connectivity index (χ3v) is 4.61. The van der Waals surface area contributed by atoms with E-state index in [-0.39, 0.29) is 5.91 Å². The molecule has 0 radical (unpaired) electrons. The normalized spacial score (nSPS) is 14.3. The first kappa shape index (κ1) is 16.4. The van der Waals surface area contributed by atoms with Crippen molar-refractivity contribution in [3.8, 4) is 0 Å². The van der Waals surface area contributed by atoms with Crippen molar-refractivity contribution in [3.63, 3.8) is 0 Å². The van der Waals surface area contributed by atoms with E-state index in [4.69, 9.17) is 0 Å². The van der Waals surface area contributed by atoms with Gasteiger partial charge in [-0.2, -0.15) is 4.98 Å². The van der Waals surface area contributed by atoms with Gasteiger partial charge >= 0.3 is 0 Å². The lowest BCUT2D eigenvalue weighted by Gasteiger charge is -2.20. The highest BCUT2D eigenvalue weighted by atomic mass is 32.1. The highest BCUT2D eigenvalue weighted by Crippen LogP contribution is 2.25. The minimum absolute atomic E-state index is 0.191. The Balaban J connectivity index is 1.75. The summed E-state index contributed by atoms with van der Waals surface area (Å²) in [5, 5.41) is 4.84. The summed E-state index contributed by atoms with van der Waals surface area (Å²) in [4.78, 5) is 26.3. The lowest BCUT2D eigenvalue weighted by Crippen LogP contribution is -2.23. The minimum Gasteiger partial charge on any atom is -0.361 e. The fourth-order valence-electron chi connectivity index (χ4n) is 2.58. The van der Waals surface area contributed by atoms with Crippen LogP contribution in [0.4, 0.5) is 17.5 Å². The van der Waals surface area contributed by atoms with Gasteiger partial charge in [-0.25, -0.2) is 4.98 Å². The van der Waals surface area contributed by atoms with E-state index in [0.29, 0.717) is 11.5 Å². The number of rotatable bonds is 5. The number of carbonyl (C=O) groups is 1. The van der Waals surface area contributed by atoms with Crippen LogP contribution in [-0.4, -0.2) is 43.1 Å². The summed E-state index contributed by atoms with van der Waals surface area (Å²) < 4.78 is 0. The average molecular weight is 343 g/mol. The number of amides is 1. The first-order valence-corrected chi connectivity index (χ1v) is 8.83. The van der Waals surface area contributed by atoms with Crippen molar-refractivity contribution in [2.24, 2.45) is 0 Å². The number of hydrogen-bond acceptors (Lipinski definition) is 6. The summed E-state index contributed by atoms with van der Waals surface area (Å²) in [5.41, 5.74) is 0.615. The first-order valence-electron chi connectivity index (χ1n) is 7.95. The Morgan fingerprint density at radius 3 is 2.83 bits per heavy atom. The Kier molecular flexibility index (Phi) is 5.10. The molecule has 1 aliphatic rings. The zero-order valence-corrected chi connectivity index (χ0v) is 14.7. The van der Waals surface area contributed by atoms with Gasteiger partial charge in [0, 0.05) is 38.1 Å². The SMILES string of the molecule is CN(C)c1nc(N2CCCC2)ncc1NC(=O)/C=C/c1cccs1. The largest absolute Gasteiger partial charge is 0.361 e. The van der Waals surface area contributed by atoms with Gasteiger partial charge < -0.3 is 15.1 Å². The van der Waals surface area contributed by atoms with Crippen LogP contribution in [0.2, 0.25) is 0 Å². The molecule has 3 heterocycles. The molecule has 0 aliphatic carbocycles. The maximum Gasteiger partial charge on any atom is 0.248 e. The molecule has 2 aromatic rings. The van der Waals surface area contributed by atoms with Crippen LogP contribution in [0, 0.1) is 0 Å². The topological polar surface area (TPSA) is 61.4 Å². The van der Waals surface area contributed by atoms with Gasteiger partial charge in [-0.1, -0.05) is 6.07 Å². The van der Waals surface area contributed by atoms with Crippen molar-refractivity contribution in [1.82, 2.24) is 9.97 Å². The van der Waals surface area contributed by atoms with E-state index < -0.39 is 0 Å². The number of nitrogens with zero attached hydrogens (tertiary/aromatic N) is 4. The van der Waals surface area contributed by atoms with Gasteiger partial charge in [0.2, 0.25) is 11.9 Å². The third kappa shape index (κ3) is 3.91. The molecule has 1 aliphatic heterocycles. The summed E-state index contributed by atoms with van der Waals surface area (Å²) in [5.74, 6) is 1.25. The number of aromatic nitrogens is 2. The molecule has 24 heavy (non-hydrogen) atoms. The van der Waals surface area contributed by atoms with E-state index in [1.54, 1.807) is 23.6 Å². The molecule has 1 amide bonds. The summed E-state index contributed by atoms with van der Waals surface area (Å²) in [6, 6.07) is 3.92. The van der Waals surface area contributed by atoms with E-state index in [0.717, 1.165) is 23.9 Å². The summed E-state index contributed by atoms with van der Waals surface area (Å²) in [6.45, 7) is 1.98. The molecule has 0 aromatic carbocycles. The Morgan fingerprint density at radius 2 is 2.17 bits per heavy atom. The molecule has 1 fully saturated rings. The number of nitrogens with one attached hydrogen (secondary N) is 1. The number of anilines is 3. The highest BCUT2D eigenvalue weighted by molar-refractivity contribution is 7.10. The quantitative estimate of drug-likeness (QED) is 0.846. The van der Waals surface area contributed by atoms with Crippen LogP contribution >= 0.6 is 11.3 Å². The van der Waals surface area contributed by atoms with Gasteiger partial charge in [0.25, 0.3) is 0 Å². The average Bonchev–Trinajstić information content (AvgIpc) is 3.26. The molecule has 2 aromatic heterocycles. The zero-order valence-electron chi connectivity index (χ0n) is 13.9. The zero-order chi connectivity index (χ0) is 16.9. The molecule has 1 saturated heterocycles. The van der Waals surface area contributed by atoms with Crippen molar-refractivity contribution < 1.29 is 4.79 Å². The van der Waals surface area contributed by atoms with E-state index in [1.807, 2.05) is 36.5 Å². The second-order valence-corrected chi connectivity index (χ2v) is 6.81. The van der Waals surface area contributed by atoms with E-state index >= 15 is 0 Å². The van der Waals surface area contributed by atoms with Crippen LogP contribution in [0.1, 0.15) is 17.7 Å². The molecule has 126 valence electrons. The lowest BCUT2D eigenvalue weighted by atomic mass is 10.3. The molecule has 0 saturated carbocycles. The van der Waals surface area contributed by atoms with Crippen molar-refractivity contribution in [2.75, 3.05) is 42.3 Å². The standard InChI is InChI=1S/C17H21N5OS/c1-21(2)16-14(12-18-17(20-16)22-9-3-4-10-22)19-15(23)8-7-13-6-5-11-24-13/h5-8,11-12H,3-4,9-10H2,1-2H3,(H,19,23)/b8-7+. The van der Waals surface area contributed by atoms with E-state index in [2.05, 4.69) is 20.2 Å². The summed E-state index contributed by atoms with van der Waals surface area (Å²) in [6.07, 6.45) is 7.36. The van der Waals surface area contributed by atoms with Gasteiger partial charge in [-0.15, -0.1) is 11.3 Å². The van der Waals surface area contributed by atoms with Crippen molar-refractivity contribution in [1.29, 1.82) is 0 Å². The van der Waals surface area contributed by atoms with Crippen LogP contribution in [0.15, 0.2) is 29.8 Å². The predicted octanol–water partition coefficient (Wildman–Crippen LogP) is 2.86. The molecule has 0 unspecified atom stereocenters. The predicted molar refractivity (Wildman–Crippen MR) is 99.8 cm³/mol. The van der Waals surface area contributed by atoms with Crippen LogP contribution in [-0.2, 0) is 4.79 Å². The smallest absolute Gasteiger partial charge is 0.248 e. The van der Waals surface area contributed by atoms with Gasteiger partial charge in [0.1, 0.15) is 5.69 Å². The maximum absolute atomic E-state index is 12.1. The summed E-state index contributed by atoms with van der Waals surface area (Å²) >= 11 is 1.59. The number of thiophene rings is 1. The van der Waals surface area contributed by atoms with Gasteiger partial charge in [-0.3, -0.25) is 4.79 Å². The summed E-state index contributed by atoms with van der Waals surface area (Å²) in [7, 11) is 3.82. The van der Waals surface area contributed by atoms with Crippen LogP contribution in [0.5, 0.6) is 0 Å². The number of hydrogen-bond donors (Lipinski definition) is 1. The second kappa shape index (κ2) is 7.44. The minimum atomic E-state index is -0.191. The van der Waals surface area contributed by atoms with Crippen molar-refractivity contribution >= 4 is 40.8 Å². The van der Waals surface area contributed by atoms with Crippen molar-refractivity contribution in [2.45, 2.75) is 12.8 Å². The molecule has 0 atom stereocenters. The first-order chi connectivity index (χ1) is 11.6. The monoisotopic (exact) mass is 343 g/mol. The lowest BCUT2D eigenvalue weighted by molar-refractivity contribution is -0.111.